The molecule has 2 aromatic heterocycles. The summed E-state index contributed by atoms with van der Waals surface area (Å²) in [5, 5.41) is 0. The Hall–Kier alpha value is -5.92. The summed E-state index contributed by atoms with van der Waals surface area (Å²) in [6.45, 7) is 8.97. The fourth-order valence-electron chi connectivity index (χ4n) is 7.43. The third-order valence-corrected chi connectivity index (χ3v) is 11.4. The highest BCUT2D eigenvalue weighted by atomic mass is 19.1. The monoisotopic (exact) mass is 855 g/mol. The number of carbonyl (C=O) groups is 4. The van der Waals surface area contributed by atoms with Crippen molar-refractivity contribution < 1.29 is 42.2 Å². The summed E-state index contributed by atoms with van der Waals surface area (Å²) < 4.78 is 42.2. The molecule has 8 rings (SSSR count). The van der Waals surface area contributed by atoms with Crippen molar-refractivity contribution in [3.63, 3.8) is 0 Å². The van der Waals surface area contributed by atoms with E-state index in [4.69, 9.17) is 19.9 Å². The number of nitrogens with two attached hydrogens (primary N) is 1. The number of ether oxygens (including phenoxy) is 3. The minimum atomic E-state index is -0.472. The summed E-state index contributed by atoms with van der Waals surface area (Å²) >= 11 is 0. The third kappa shape index (κ3) is 10.9. The SMILES string of the molecule is COC(=O)c1ccc(CN(C(=O)N2CCN(C3COC3)CC2)c2ccc(F)cc2)nc1.NCC(=O)c1ccc(CN(C(=O)N2CCN(C3COC3)CC2)c2ccc(F)cc2)nc1. The van der Waals surface area contributed by atoms with Crippen LogP contribution in [0.4, 0.5) is 29.7 Å². The van der Waals surface area contributed by atoms with Crippen molar-refractivity contribution in [2.24, 2.45) is 5.73 Å². The van der Waals surface area contributed by atoms with Gasteiger partial charge in [0.25, 0.3) is 0 Å². The molecule has 0 saturated carbocycles. The molecule has 0 radical (unpaired) electrons. The molecule has 4 aliphatic rings. The average molecular weight is 856 g/mol. The number of amides is 4. The van der Waals surface area contributed by atoms with Gasteiger partial charge in [-0.25, -0.2) is 23.2 Å². The Labute approximate surface area is 358 Å². The molecule has 2 aromatic carbocycles. The maximum Gasteiger partial charge on any atom is 0.339 e. The molecule has 0 aliphatic carbocycles. The first-order chi connectivity index (χ1) is 30.1. The van der Waals surface area contributed by atoms with Crippen LogP contribution in [-0.2, 0) is 27.3 Å². The van der Waals surface area contributed by atoms with Crippen molar-refractivity contribution in [2.45, 2.75) is 25.2 Å². The normalized spacial score (nSPS) is 17.2. The van der Waals surface area contributed by atoms with Gasteiger partial charge in [0.1, 0.15) is 11.6 Å². The van der Waals surface area contributed by atoms with Gasteiger partial charge in [0.2, 0.25) is 0 Å². The number of Topliss-reactive ketones (excluding diaryl/α,β-unsaturated/α-hetero) is 1. The first-order valence-corrected chi connectivity index (χ1v) is 20.6. The van der Waals surface area contributed by atoms with Gasteiger partial charge in [0, 0.05) is 81.7 Å². The molecule has 62 heavy (non-hydrogen) atoms. The summed E-state index contributed by atoms with van der Waals surface area (Å²) in [6, 6.07) is 18.9. The zero-order valence-electron chi connectivity index (χ0n) is 34.6. The predicted molar refractivity (Wildman–Crippen MR) is 225 cm³/mol. The van der Waals surface area contributed by atoms with E-state index in [1.807, 2.05) is 9.80 Å². The first-order valence-electron chi connectivity index (χ1n) is 20.6. The van der Waals surface area contributed by atoms with E-state index in [0.29, 0.717) is 72.2 Å². The Bertz CT molecular complexity index is 1970. The number of esters is 1. The van der Waals surface area contributed by atoms with Crippen LogP contribution in [0.15, 0.2) is 85.2 Å². The number of aromatic nitrogens is 2. The van der Waals surface area contributed by atoms with Crippen LogP contribution >= 0.6 is 0 Å². The van der Waals surface area contributed by atoms with E-state index in [1.54, 1.807) is 58.3 Å². The van der Waals surface area contributed by atoms with Crippen LogP contribution in [0.3, 0.4) is 0 Å². The number of halogens is 2. The van der Waals surface area contributed by atoms with Gasteiger partial charge in [0.05, 0.1) is 82.2 Å². The molecular weight excluding hydrogens is 805 g/mol. The largest absolute Gasteiger partial charge is 0.465 e. The third-order valence-electron chi connectivity index (χ3n) is 11.4. The number of benzene rings is 2. The smallest absolute Gasteiger partial charge is 0.339 e. The van der Waals surface area contributed by atoms with Crippen molar-refractivity contribution in [3.05, 3.63) is 119 Å². The Morgan fingerprint density at radius 2 is 1.03 bits per heavy atom. The number of pyridine rings is 2. The molecule has 18 heteroatoms. The van der Waals surface area contributed by atoms with Gasteiger partial charge in [-0.1, -0.05) is 0 Å². The Balaban J connectivity index is 0.000000186. The fraction of sp³-hybridized carbons (Fsp3) is 0.409. The van der Waals surface area contributed by atoms with E-state index in [2.05, 4.69) is 19.8 Å². The van der Waals surface area contributed by atoms with Crippen LogP contribution in [0.2, 0.25) is 0 Å². The Morgan fingerprint density at radius 3 is 1.35 bits per heavy atom. The minimum Gasteiger partial charge on any atom is -0.465 e. The first kappa shape index (κ1) is 44.1. The molecule has 4 aliphatic heterocycles. The molecule has 0 atom stereocenters. The highest BCUT2D eigenvalue weighted by Gasteiger charge is 2.34. The molecule has 0 spiro atoms. The zero-order chi connectivity index (χ0) is 43.6. The van der Waals surface area contributed by atoms with Crippen molar-refractivity contribution in [3.8, 4) is 0 Å². The maximum atomic E-state index is 13.5. The highest BCUT2D eigenvalue weighted by Crippen LogP contribution is 2.24. The number of carbonyl (C=O) groups excluding carboxylic acids is 4. The summed E-state index contributed by atoms with van der Waals surface area (Å²) in [7, 11) is 1.31. The van der Waals surface area contributed by atoms with Crippen molar-refractivity contribution in [2.75, 3.05) is 102 Å². The van der Waals surface area contributed by atoms with E-state index in [0.717, 1.165) is 52.6 Å². The minimum absolute atomic E-state index is 0.0832. The van der Waals surface area contributed by atoms with Crippen LogP contribution in [-0.4, -0.2) is 158 Å². The number of methoxy groups -OCH3 is 1. The lowest BCUT2D eigenvalue weighted by Crippen LogP contribution is -2.59. The second-order valence-electron chi connectivity index (χ2n) is 15.3. The number of urea groups is 2. The molecule has 2 N–H and O–H groups in total. The molecule has 4 amide bonds. The molecule has 6 heterocycles. The second kappa shape index (κ2) is 20.8. The summed E-state index contributed by atoms with van der Waals surface area (Å²) in [6.07, 6.45) is 2.89. The summed E-state index contributed by atoms with van der Waals surface area (Å²) in [5.74, 6) is -1.40. The van der Waals surface area contributed by atoms with Crippen LogP contribution in [0.25, 0.3) is 0 Å². The molecule has 328 valence electrons. The lowest BCUT2D eigenvalue weighted by molar-refractivity contribution is -0.0738. The van der Waals surface area contributed by atoms with Gasteiger partial charge < -0.3 is 29.7 Å². The number of nitrogens with zero attached hydrogens (tertiary/aromatic N) is 8. The standard InChI is InChI=1S/C22H26FN5O3.C22H25FN4O4/c23-17-2-5-19(6-3-17)28(13-18-4-1-16(12-25-18)21(29)11-24)22(30)27-9-7-26(8-10-27)20-14-31-15-20;1-30-21(28)16-2-5-18(24-12-16)13-27(19-6-3-17(23)4-7-19)22(29)26-10-8-25(9-11-26)20-14-31-15-20/h1-6,12,20H,7-11,13-15,24H2;2-7,12,20H,8-11,13-15H2,1H3. The van der Waals surface area contributed by atoms with Gasteiger partial charge >= 0.3 is 18.0 Å². The van der Waals surface area contributed by atoms with E-state index >= 15 is 0 Å². The number of piperazine rings is 2. The van der Waals surface area contributed by atoms with Crippen LogP contribution in [0.1, 0.15) is 32.1 Å². The van der Waals surface area contributed by atoms with E-state index < -0.39 is 5.97 Å². The quantitative estimate of drug-likeness (QED) is 0.172. The van der Waals surface area contributed by atoms with E-state index in [9.17, 15) is 28.0 Å². The second-order valence-corrected chi connectivity index (χ2v) is 15.3. The van der Waals surface area contributed by atoms with Gasteiger partial charge in [-0.05, 0) is 72.8 Å². The van der Waals surface area contributed by atoms with Crippen molar-refractivity contribution >= 4 is 35.2 Å². The van der Waals surface area contributed by atoms with Gasteiger partial charge in [0.15, 0.2) is 5.78 Å². The Morgan fingerprint density at radius 1 is 0.629 bits per heavy atom. The molecule has 0 bridgehead atoms. The van der Waals surface area contributed by atoms with Gasteiger partial charge in [-0.2, -0.15) is 0 Å². The average Bonchev–Trinajstić information content (AvgIpc) is 3.27. The van der Waals surface area contributed by atoms with Crippen LogP contribution in [0.5, 0.6) is 0 Å². The molecule has 0 unspecified atom stereocenters. The fourth-order valence-corrected chi connectivity index (χ4v) is 7.43. The van der Waals surface area contributed by atoms with E-state index in [-0.39, 0.29) is 49.1 Å². The maximum absolute atomic E-state index is 13.5. The van der Waals surface area contributed by atoms with Crippen molar-refractivity contribution in [1.82, 2.24) is 29.6 Å². The highest BCUT2D eigenvalue weighted by molar-refractivity contribution is 5.97. The number of rotatable bonds is 11. The molecule has 16 nitrogen and oxygen atoms in total. The molecule has 4 fully saturated rings. The van der Waals surface area contributed by atoms with Crippen LogP contribution < -0.4 is 15.5 Å². The van der Waals surface area contributed by atoms with E-state index in [1.165, 1.54) is 43.8 Å². The number of hydrogen-bond acceptors (Lipinski definition) is 12. The lowest BCUT2D eigenvalue weighted by Gasteiger charge is -2.43. The van der Waals surface area contributed by atoms with Crippen molar-refractivity contribution in [1.29, 1.82) is 0 Å². The number of hydrogen-bond donors (Lipinski definition) is 1. The molecule has 4 aromatic rings. The predicted octanol–water partition coefficient (Wildman–Crippen LogP) is 3.66. The van der Waals surface area contributed by atoms with Gasteiger partial charge in [-0.15, -0.1) is 0 Å². The molecular formula is C44H51F2N9O7. The summed E-state index contributed by atoms with van der Waals surface area (Å²) in [4.78, 5) is 70.3. The number of ketones is 1. The zero-order valence-corrected chi connectivity index (χ0v) is 34.6. The lowest BCUT2D eigenvalue weighted by atomic mass is 10.1. The summed E-state index contributed by atoms with van der Waals surface area (Å²) in [5.41, 5.74) is 8.57. The Kier molecular flexibility index (Phi) is 14.8. The van der Waals surface area contributed by atoms with Gasteiger partial charge in [-0.3, -0.25) is 34.4 Å². The topological polar surface area (TPSA) is 167 Å². The van der Waals surface area contributed by atoms with Crippen LogP contribution in [0, 0.1) is 11.6 Å². The number of anilines is 2. The molecule has 4 saturated heterocycles.